The van der Waals surface area contributed by atoms with E-state index in [-0.39, 0.29) is 5.63 Å². The summed E-state index contributed by atoms with van der Waals surface area (Å²) in [6.07, 6.45) is 6.41. The van der Waals surface area contributed by atoms with Crippen molar-refractivity contribution in [3.8, 4) is 16.9 Å². The van der Waals surface area contributed by atoms with Crippen molar-refractivity contribution in [3.05, 3.63) is 86.7 Å². The van der Waals surface area contributed by atoms with Crippen molar-refractivity contribution < 1.29 is 9.15 Å². The Morgan fingerprint density at radius 2 is 1.79 bits per heavy atom. The van der Waals surface area contributed by atoms with Crippen molar-refractivity contribution in [1.29, 1.82) is 0 Å². The smallest absolute Gasteiger partial charge is 0.336 e. The van der Waals surface area contributed by atoms with Crippen LogP contribution in [-0.2, 0) is 0 Å². The van der Waals surface area contributed by atoms with Gasteiger partial charge in [0.05, 0.1) is 0 Å². The molecular formula is C25H25BrO3. The molecule has 0 aliphatic heterocycles. The van der Waals surface area contributed by atoms with Crippen LogP contribution in [0.25, 0.3) is 22.1 Å². The predicted octanol–water partition coefficient (Wildman–Crippen LogP) is 7.29. The zero-order valence-electron chi connectivity index (χ0n) is 17.0. The van der Waals surface area contributed by atoms with Crippen LogP contribution in [0.5, 0.6) is 5.75 Å². The van der Waals surface area contributed by atoms with Gasteiger partial charge in [-0.2, -0.15) is 0 Å². The number of fused-ring (bicyclic) bond motifs is 1. The van der Waals surface area contributed by atoms with Gasteiger partial charge in [-0.15, -0.1) is 0 Å². The van der Waals surface area contributed by atoms with Gasteiger partial charge in [-0.05, 0) is 75.1 Å². The molecule has 2 aromatic carbocycles. The summed E-state index contributed by atoms with van der Waals surface area (Å²) in [4.78, 5) is 12.1. The molecule has 3 aromatic rings. The van der Waals surface area contributed by atoms with Crippen molar-refractivity contribution in [2.24, 2.45) is 0 Å². The van der Waals surface area contributed by atoms with Gasteiger partial charge in [-0.3, -0.25) is 0 Å². The first-order valence-electron chi connectivity index (χ1n) is 9.68. The third-order valence-electron chi connectivity index (χ3n) is 4.64. The quantitative estimate of drug-likeness (QED) is 0.279. The van der Waals surface area contributed by atoms with E-state index in [4.69, 9.17) is 9.15 Å². The van der Waals surface area contributed by atoms with E-state index in [1.165, 1.54) is 17.2 Å². The van der Waals surface area contributed by atoms with Crippen LogP contribution in [0.3, 0.4) is 0 Å². The Morgan fingerprint density at radius 3 is 2.52 bits per heavy atom. The van der Waals surface area contributed by atoms with Crippen molar-refractivity contribution in [3.63, 3.8) is 0 Å². The fraction of sp³-hybridized carbons (Fsp3) is 0.240. The minimum absolute atomic E-state index is 0.373. The highest BCUT2D eigenvalue weighted by Gasteiger charge is 2.09. The molecule has 0 spiro atoms. The topological polar surface area (TPSA) is 39.4 Å². The number of benzene rings is 2. The van der Waals surface area contributed by atoms with Crippen LogP contribution in [0.1, 0.15) is 33.6 Å². The molecular weight excluding hydrogens is 428 g/mol. The Balaban J connectivity index is 1.77. The summed E-state index contributed by atoms with van der Waals surface area (Å²) in [5.74, 6) is 0.682. The number of hydrogen-bond acceptors (Lipinski definition) is 3. The molecule has 0 saturated heterocycles. The number of ether oxygens (including phenoxy) is 1. The minimum atomic E-state index is -0.373. The van der Waals surface area contributed by atoms with Gasteiger partial charge in [-0.25, -0.2) is 4.79 Å². The van der Waals surface area contributed by atoms with Gasteiger partial charge >= 0.3 is 5.63 Å². The molecule has 0 aliphatic carbocycles. The fourth-order valence-corrected chi connectivity index (χ4v) is 3.34. The van der Waals surface area contributed by atoms with E-state index in [1.54, 1.807) is 6.07 Å². The second-order valence-electron chi connectivity index (χ2n) is 7.33. The number of hydrogen-bond donors (Lipinski definition) is 0. The number of allylic oxidation sites excluding steroid dienone is 3. The summed E-state index contributed by atoms with van der Waals surface area (Å²) >= 11 is 3.44. The summed E-state index contributed by atoms with van der Waals surface area (Å²) < 4.78 is 12.3. The van der Waals surface area contributed by atoms with Crippen molar-refractivity contribution in [2.75, 3.05) is 6.61 Å². The maximum absolute atomic E-state index is 12.1. The lowest BCUT2D eigenvalue weighted by Crippen LogP contribution is -1.99. The fourth-order valence-electron chi connectivity index (χ4n) is 3.07. The molecule has 0 radical (unpaired) electrons. The average molecular weight is 453 g/mol. The molecule has 0 unspecified atom stereocenters. The van der Waals surface area contributed by atoms with Crippen LogP contribution in [-0.4, -0.2) is 6.61 Å². The molecule has 1 heterocycles. The van der Waals surface area contributed by atoms with Gasteiger partial charge in [0.15, 0.2) is 0 Å². The largest absolute Gasteiger partial charge is 0.489 e. The Hall–Kier alpha value is -2.59. The highest BCUT2D eigenvalue weighted by molar-refractivity contribution is 9.10. The van der Waals surface area contributed by atoms with Gasteiger partial charge in [0.25, 0.3) is 0 Å². The molecule has 0 aliphatic rings. The highest BCUT2D eigenvalue weighted by atomic mass is 79.9. The molecule has 0 atom stereocenters. The maximum Gasteiger partial charge on any atom is 0.336 e. The summed E-state index contributed by atoms with van der Waals surface area (Å²) in [7, 11) is 0. The van der Waals surface area contributed by atoms with Gasteiger partial charge in [0.1, 0.15) is 17.9 Å². The summed E-state index contributed by atoms with van der Waals surface area (Å²) in [5, 5.41) is 0.882. The van der Waals surface area contributed by atoms with Crippen molar-refractivity contribution in [2.45, 2.75) is 33.6 Å². The lowest BCUT2D eigenvalue weighted by Gasteiger charge is -2.09. The zero-order chi connectivity index (χ0) is 20.8. The van der Waals surface area contributed by atoms with Crippen LogP contribution in [0.4, 0.5) is 0 Å². The second kappa shape index (κ2) is 9.75. The predicted molar refractivity (Wildman–Crippen MR) is 124 cm³/mol. The number of halogens is 1. The van der Waals surface area contributed by atoms with Crippen LogP contribution >= 0.6 is 15.9 Å². The van der Waals surface area contributed by atoms with E-state index < -0.39 is 0 Å². The lowest BCUT2D eigenvalue weighted by atomic mass is 10.0. The Morgan fingerprint density at radius 1 is 1.03 bits per heavy atom. The first-order chi connectivity index (χ1) is 13.9. The molecule has 150 valence electrons. The standard InChI is InChI=1S/C25H25BrO3/c1-17(2)5-4-6-18(3)13-14-28-21-11-12-22-23(16-25(27)29-24(22)15-21)19-7-9-20(26)10-8-19/h5,7-13,15-16H,4,6,14H2,1-3H3/b18-13+. The Labute approximate surface area is 179 Å². The normalized spacial score (nSPS) is 11.5. The molecule has 0 amide bonds. The van der Waals surface area contributed by atoms with E-state index in [2.05, 4.69) is 48.9 Å². The van der Waals surface area contributed by atoms with E-state index in [9.17, 15) is 4.79 Å². The third-order valence-corrected chi connectivity index (χ3v) is 5.17. The van der Waals surface area contributed by atoms with Gasteiger partial charge in [0.2, 0.25) is 0 Å². The van der Waals surface area contributed by atoms with Crippen molar-refractivity contribution in [1.82, 2.24) is 0 Å². The summed E-state index contributed by atoms with van der Waals surface area (Å²) in [5.41, 5.74) is 4.61. The molecule has 0 fully saturated rings. The SMILES string of the molecule is CC(C)=CCC/C(C)=C/COc1ccc2c(-c3ccc(Br)cc3)cc(=O)oc2c1. The summed E-state index contributed by atoms with van der Waals surface area (Å²) in [6.45, 7) is 6.83. The van der Waals surface area contributed by atoms with Crippen LogP contribution < -0.4 is 10.4 Å². The zero-order valence-corrected chi connectivity index (χ0v) is 18.6. The molecule has 29 heavy (non-hydrogen) atoms. The molecule has 1 aromatic heterocycles. The molecule has 0 N–H and O–H groups in total. The van der Waals surface area contributed by atoms with Crippen LogP contribution in [0.15, 0.2) is 85.5 Å². The van der Waals surface area contributed by atoms with E-state index in [0.717, 1.165) is 33.8 Å². The summed E-state index contributed by atoms with van der Waals surface area (Å²) in [6, 6.07) is 15.0. The molecule has 3 nitrogen and oxygen atoms in total. The van der Waals surface area contributed by atoms with Crippen molar-refractivity contribution >= 4 is 26.9 Å². The lowest BCUT2D eigenvalue weighted by molar-refractivity contribution is 0.361. The molecule has 3 rings (SSSR count). The van der Waals surface area contributed by atoms with Gasteiger partial charge in [-0.1, -0.05) is 45.3 Å². The molecule has 0 saturated carbocycles. The van der Waals surface area contributed by atoms with Gasteiger partial charge in [0, 0.05) is 22.0 Å². The number of rotatable bonds is 7. The highest BCUT2D eigenvalue weighted by Crippen LogP contribution is 2.30. The van der Waals surface area contributed by atoms with Gasteiger partial charge < -0.3 is 9.15 Å². The Bertz CT molecular complexity index is 1100. The Kier molecular flexibility index (Phi) is 7.10. The average Bonchev–Trinajstić information content (AvgIpc) is 2.67. The maximum atomic E-state index is 12.1. The second-order valence-corrected chi connectivity index (χ2v) is 8.24. The first kappa shape index (κ1) is 21.1. The van der Waals surface area contributed by atoms with E-state index in [1.807, 2.05) is 36.4 Å². The first-order valence-corrected chi connectivity index (χ1v) is 10.5. The van der Waals surface area contributed by atoms with Crippen LogP contribution in [0.2, 0.25) is 0 Å². The monoisotopic (exact) mass is 452 g/mol. The molecule has 0 bridgehead atoms. The molecule has 4 heteroatoms. The van der Waals surface area contributed by atoms with Crippen LogP contribution in [0, 0.1) is 0 Å². The minimum Gasteiger partial charge on any atom is -0.489 e. The van der Waals surface area contributed by atoms with E-state index in [0.29, 0.717) is 17.9 Å². The van der Waals surface area contributed by atoms with E-state index >= 15 is 0 Å². The third kappa shape index (κ3) is 5.94.